The van der Waals surface area contributed by atoms with Gasteiger partial charge in [0.05, 0.1) is 0 Å². The molecule has 0 atom stereocenters. The average molecular weight is 290 g/mol. The van der Waals surface area contributed by atoms with E-state index < -0.39 is 10.4 Å². The van der Waals surface area contributed by atoms with Crippen LogP contribution in [-0.2, 0) is 10.4 Å². The normalized spacial score (nSPS) is 10.1. The van der Waals surface area contributed by atoms with Crippen LogP contribution in [0.15, 0.2) is 23.6 Å². The minimum absolute atomic E-state index is 1.35. The van der Waals surface area contributed by atoms with E-state index in [0.29, 0.717) is 0 Å². The molecule has 0 radical (unpaired) electrons. The topological polar surface area (TPSA) is 74.6 Å². The van der Waals surface area contributed by atoms with Crippen LogP contribution < -0.4 is 0 Å². The molecule has 1 aromatic heterocycles. The third-order valence-electron chi connectivity index (χ3n) is 2.46. The van der Waals surface area contributed by atoms with Gasteiger partial charge in [-0.05, 0) is 49.8 Å². The number of hydrogen-bond acceptors (Lipinski definition) is 3. The quantitative estimate of drug-likeness (QED) is 0.718. The lowest BCUT2D eigenvalue weighted by atomic mass is 10.1. The van der Waals surface area contributed by atoms with Crippen molar-refractivity contribution in [2.45, 2.75) is 27.7 Å². The Kier molecular flexibility index (Phi) is 7.08. The summed E-state index contributed by atoms with van der Waals surface area (Å²) in [6.45, 7) is 8.71. The third-order valence-corrected chi connectivity index (χ3v) is 3.42. The first-order valence-electron chi connectivity index (χ1n) is 5.18. The van der Waals surface area contributed by atoms with E-state index in [1.165, 1.54) is 21.6 Å². The zero-order chi connectivity index (χ0) is 14.3. The van der Waals surface area contributed by atoms with E-state index in [9.17, 15) is 0 Å². The Morgan fingerprint density at radius 2 is 1.50 bits per heavy atom. The molecule has 4 nitrogen and oxygen atoms in total. The van der Waals surface area contributed by atoms with Gasteiger partial charge < -0.3 is 0 Å². The minimum Gasteiger partial charge on any atom is -0.264 e. The molecule has 0 saturated carbocycles. The molecule has 0 saturated heterocycles. The molecular formula is C12H18O4S2. The van der Waals surface area contributed by atoms with Crippen LogP contribution in [0.4, 0.5) is 0 Å². The van der Waals surface area contributed by atoms with Crippen molar-refractivity contribution in [2.75, 3.05) is 0 Å². The Hall–Kier alpha value is -0.950. The molecule has 1 rings (SSSR count). The lowest BCUT2D eigenvalue weighted by Crippen LogP contribution is -1.89. The Bertz CT molecular complexity index is 502. The summed E-state index contributed by atoms with van der Waals surface area (Å²) in [5.74, 6) is 0. The molecule has 1 aromatic rings. The monoisotopic (exact) mass is 290 g/mol. The fourth-order valence-electron chi connectivity index (χ4n) is 1.16. The summed E-state index contributed by atoms with van der Waals surface area (Å²) < 4.78 is 31.6. The fraction of sp³-hybridized carbons (Fsp3) is 0.333. The van der Waals surface area contributed by atoms with Crippen LogP contribution in [-0.4, -0.2) is 17.5 Å². The molecule has 1 heterocycles. The van der Waals surface area contributed by atoms with Crippen molar-refractivity contribution in [2.24, 2.45) is 0 Å². The van der Waals surface area contributed by atoms with Gasteiger partial charge in [0.25, 0.3) is 0 Å². The van der Waals surface area contributed by atoms with Gasteiger partial charge in [-0.1, -0.05) is 18.2 Å². The summed E-state index contributed by atoms with van der Waals surface area (Å²) in [4.78, 5) is 1.39. The molecule has 0 bridgehead atoms. The van der Waals surface area contributed by atoms with E-state index in [-0.39, 0.29) is 0 Å². The molecule has 6 heteroatoms. The van der Waals surface area contributed by atoms with Gasteiger partial charge >= 0.3 is 10.4 Å². The molecule has 18 heavy (non-hydrogen) atoms. The lowest BCUT2D eigenvalue weighted by molar-refractivity contribution is 0.381. The first kappa shape index (κ1) is 17.1. The van der Waals surface area contributed by atoms with Gasteiger partial charge in [0, 0.05) is 4.88 Å². The summed E-state index contributed by atoms with van der Waals surface area (Å²) in [5, 5.41) is 2.13. The lowest BCUT2D eigenvalue weighted by Gasteiger charge is -2.00. The predicted molar refractivity (Wildman–Crippen MR) is 75.1 cm³/mol. The highest BCUT2D eigenvalue weighted by atomic mass is 32.3. The van der Waals surface area contributed by atoms with E-state index in [1.807, 2.05) is 0 Å². The molecule has 0 fully saturated rings. The van der Waals surface area contributed by atoms with Crippen LogP contribution in [0.2, 0.25) is 0 Å². The van der Waals surface area contributed by atoms with E-state index >= 15 is 0 Å². The Balaban J connectivity index is 0.000000494. The first-order valence-corrected chi connectivity index (χ1v) is 7.45. The van der Waals surface area contributed by atoms with Gasteiger partial charge in [0.2, 0.25) is 0 Å². The summed E-state index contributed by atoms with van der Waals surface area (Å²) in [5.41, 5.74) is 4.15. The fourth-order valence-corrected chi connectivity index (χ4v) is 1.86. The minimum atomic E-state index is -4.67. The van der Waals surface area contributed by atoms with E-state index in [4.69, 9.17) is 17.5 Å². The highest BCUT2D eigenvalue weighted by Gasteiger charge is 1.95. The second-order valence-electron chi connectivity index (χ2n) is 3.74. The summed E-state index contributed by atoms with van der Waals surface area (Å²) >= 11 is 1.79. The molecule has 2 N–H and O–H groups in total. The van der Waals surface area contributed by atoms with Crippen LogP contribution >= 0.6 is 11.3 Å². The zero-order valence-corrected chi connectivity index (χ0v) is 12.5. The summed E-state index contributed by atoms with van der Waals surface area (Å²) in [6.07, 6.45) is 0. The molecule has 102 valence electrons. The molecule has 0 aliphatic rings. The second kappa shape index (κ2) is 7.48. The van der Waals surface area contributed by atoms with Gasteiger partial charge in [-0.15, -0.1) is 11.3 Å². The molecule has 0 aliphatic carbocycles. The zero-order valence-electron chi connectivity index (χ0n) is 10.8. The number of hydrogen-bond donors (Lipinski definition) is 2. The first-order chi connectivity index (χ1) is 8.13. The van der Waals surface area contributed by atoms with Crippen molar-refractivity contribution in [3.63, 3.8) is 0 Å². The van der Waals surface area contributed by atoms with Gasteiger partial charge in [0.15, 0.2) is 0 Å². The predicted octanol–water partition coefficient (Wildman–Crippen LogP) is 3.45. The van der Waals surface area contributed by atoms with Gasteiger partial charge in [-0.25, -0.2) is 0 Å². The maximum atomic E-state index is 8.74. The number of aryl methyl sites for hydroxylation is 2. The van der Waals surface area contributed by atoms with Crippen molar-refractivity contribution >= 4 is 21.7 Å². The van der Waals surface area contributed by atoms with Crippen molar-refractivity contribution in [3.8, 4) is 0 Å². The highest BCUT2D eigenvalue weighted by Crippen LogP contribution is 2.15. The Morgan fingerprint density at radius 3 is 2.00 bits per heavy atom. The van der Waals surface area contributed by atoms with Crippen molar-refractivity contribution < 1.29 is 17.5 Å². The molecule has 0 spiro atoms. The average Bonchev–Trinajstić information content (AvgIpc) is 2.26. The second-order valence-corrected chi connectivity index (χ2v) is 5.76. The van der Waals surface area contributed by atoms with Crippen LogP contribution in [0.5, 0.6) is 0 Å². The number of rotatable bonds is 0. The van der Waals surface area contributed by atoms with Gasteiger partial charge in [-0.3, -0.25) is 9.11 Å². The molecule has 0 aliphatic heterocycles. The SMILES string of the molecule is Cc1ccccsc(C)c(C)c1C.O=S(=O)(O)O. The molecule has 0 amide bonds. The van der Waals surface area contributed by atoms with Crippen molar-refractivity contribution in [3.05, 3.63) is 45.1 Å². The van der Waals surface area contributed by atoms with E-state index in [1.54, 1.807) is 11.3 Å². The van der Waals surface area contributed by atoms with E-state index in [0.717, 1.165) is 0 Å². The van der Waals surface area contributed by atoms with Crippen LogP contribution in [0.25, 0.3) is 0 Å². The van der Waals surface area contributed by atoms with Gasteiger partial charge in [-0.2, -0.15) is 8.42 Å². The maximum absolute atomic E-state index is 8.74. The van der Waals surface area contributed by atoms with Crippen LogP contribution in [0, 0.1) is 27.7 Å². The smallest absolute Gasteiger partial charge is 0.264 e. The van der Waals surface area contributed by atoms with Crippen molar-refractivity contribution in [1.29, 1.82) is 0 Å². The summed E-state index contributed by atoms with van der Waals surface area (Å²) in [7, 11) is -4.67. The van der Waals surface area contributed by atoms with Crippen molar-refractivity contribution in [1.82, 2.24) is 0 Å². The van der Waals surface area contributed by atoms with Crippen LogP contribution in [0.3, 0.4) is 0 Å². The van der Waals surface area contributed by atoms with Crippen LogP contribution in [0.1, 0.15) is 21.6 Å². The third kappa shape index (κ3) is 8.19. The van der Waals surface area contributed by atoms with E-state index in [2.05, 4.69) is 51.3 Å². The largest absolute Gasteiger partial charge is 0.394 e. The summed E-state index contributed by atoms with van der Waals surface area (Å²) in [6, 6.07) is 6.34. The molecule has 0 unspecified atom stereocenters. The highest BCUT2D eigenvalue weighted by molar-refractivity contribution is 7.79. The molecule has 0 aromatic carbocycles. The Morgan fingerprint density at radius 1 is 1.00 bits per heavy atom. The van der Waals surface area contributed by atoms with Gasteiger partial charge in [0.1, 0.15) is 0 Å². The standard InChI is InChI=1S/C12H16S.H2O4S/c1-9-7-5-6-8-13-12(4)11(3)10(9)2;1-5(2,3)4/h5-8H,1-4H3;(H2,1,2,3,4). The Labute approximate surface area is 112 Å². The maximum Gasteiger partial charge on any atom is 0.394 e. The molecular weight excluding hydrogens is 272 g/mol.